The zero-order valence-electron chi connectivity index (χ0n) is 10.5. The minimum absolute atomic E-state index is 0.329. The summed E-state index contributed by atoms with van der Waals surface area (Å²) in [7, 11) is 1.49. The molecule has 0 spiro atoms. The molecule has 2 N–H and O–H groups in total. The van der Waals surface area contributed by atoms with E-state index in [4.69, 9.17) is 33.7 Å². The van der Waals surface area contributed by atoms with Crippen molar-refractivity contribution in [3.63, 3.8) is 0 Å². The molecule has 6 heteroatoms. The van der Waals surface area contributed by atoms with E-state index in [0.717, 1.165) is 0 Å². The quantitative estimate of drug-likeness (QED) is 0.819. The zero-order chi connectivity index (χ0) is 14.9. The van der Waals surface area contributed by atoms with Crippen LogP contribution in [-0.4, -0.2) is 7.11 Å². The van der Waals surface area contributed by atoms with Gasteiger partial charge in [0.25, 0.3) is 0 Å². The van der Waals surface area contributed by atoms with Gasteiger partial charge >= 0.3 is 0 Å². The third kappa shape index (κ3) is 2.93. The van der Waals surface area contributed by atoms with Crippen LogP contribution in [0.15, 0.2) is 34.8 Å². The van der Waals surface area contributed by atoms with E-state index >= 15 is 0 Å². The number of rotatable bonds is 3. The molecule has 20 heavy (non-hydrogen) atoms. The number of hydrogen-bond acceptors (Lipinski definition) is 2. The summed E-state index contributed by atoms with van der Waals surface area (Å²) >= 11 is 15.5. The molecule has 0 aliphatic heterocycles. The van der Waals surface area contributed by atoms with E-state index in [1.54, 1.807) is 24.3 Å². The Morgan fingerprint density at radius 1 is 1.25 bits per heavy atom. The Morgan fingerprint density at radius 3 is 2.55 bits per heavy atom. The van der Waals surface area contributed by atoms with Crippen molar-refractivity contribution >= 4 is 39.1 Å². The molecule has 0 aromatic heterocycles. The molecular formula is C14H11BrCl2FNO. The van der Waals surface area contributed by atoms with Gasteiger partial charge < -0.3 is 10.5 Å². The second-order valence-corrected chi connectivity index (χ2v) is 5.79. The summed E-state index contributed by atoms with van der Waals surface area (Å²) in [5.41, 5.74) is 6.99. The highest BCUT2D eigenvalue weighted by atomic mass is 79.9. The summed E-state index contributed by atoms with van der Waals surface area (Å²) in [5, 5.41) is 0.740. The molecule has 2 rings (SSSR count). The molecular weight excluding hydrogens is 368 g/mol. The third-order valence-corrected chi connectivity index (χ3v) is 4.23. The predicted molar refractivity (Wildman–Crippen MR) is 83.1 cm³/mol. The van der Waals surface area contributed by atoms with Crippen LogP contribution in [0.5, 0.6) is 5.75 Å². The van der Waals surface area contributed by atoms with Crippen LogP contribution in [0.1, 0.15) is 17.2 Å². The molecule has 2 nitrogen and oxygen atoms in total. The fourth-order valence-corrected chi connectivity index (χ4v) is 3.01. The number of ether oxygens (including phenoxy) is 1. The van der Waals surface area contributed by atoms with E-state index in [2.05, 4.69) is 15.9 Å². The van der Waals surface area contributed by atoms with Gasteiger partial charge in [0.05, 0.1) is 18.2 Å². The van der Waals surface area contributed by atoms with E-state index in [-0.39, 0.29) is 0 Å². The van der Waals surface area contributed by atoms with Gasteiger partial charge in [-0.05, 0) is 23.8 Å². The van der Waals surface area contributed by atoms with Gasteiger partial charge in [0.15, 0.2) is 0 Å². The fourth-order valence-electron chi connectivity index (χ4n) is 1.90. The van der Waals surface area contributed by atoms with E-state index in [1.807, 2.05) is 0 Å². The first kappa shape index (κ1) is 15.6. The first-order valence-electron chi connectivity index (χ1n) is 5.68. The third-order valence-electron chi connectivity index (χ3n) is 2.92. The van der Waals surface area contributed by atoms with Crippen molar-refractivity contribution in [2.45, 2.75) is 6.04 Å². The first-order chi connectivity index (χ1) is 9.45. The number of nitrogens with two attached hydrogens (primary N) is 1. The van der Waals surface area contributed by atoms with Crippen LogP contribution >= 0.6 is 39.1 Å². The molecule has 0 heterocycles. The van der Waals surface area contributed by atoms with Gasteiger partial charge in [0.1, 0.15) is 11.6 Å². The van der Waals surface area contributed by atoms with Gasteiger partial charge in [0.2, 0.25) is 0 Å². The topological polar surface area (TPSA) is 35.2 Å². The van der Waals surface area contributed by atoms with Gasteiger partial charge in [0, 0.05) is 21.1 Å². The summed E-state index contributed by atoms with van der Waals surface area (Å²) in [4.78, 5) is 0. The lowest BCUT2D eigenvalue weighted by atomic mass is 9.99. The predicted octanol–water partition coefficient (Wildman–Crippen LogP) is 4.95. The highest BCUT2D eigenvalue weighted by molar-refractivity contribution is 9.10. The van der Waals surface area contributed by atoms with Gasteiger partial charge in [-0.1, -0.05) is 45.2 Å². The maximum absolute atomic E-state index is 14.0. The van der Waals surface area contributed by atoms with E-state index < -0.39 is 11.9 Å². The lowest BCUT2D eigenvalue weighted by Crippen LogP contribution is -2.15. The number of hydrogen-bond donors (Lipinski definition) is 1. The molecule has 0 amide bonds. The Labute approximate surface area is 134 Å². The van der Waals surface area contributed by atoms with E-state index in [0.29, 0.717) is 31.4 Å². The van der Waals surface area contributed by atoms with E-state index in [1.165, 1.54) is 13.2 Å². The van der Waals surface area contributed by atoms with Crippen molar-refractivity contribution in [1.29, 1.82) is 0 Å². The Hall–Kier alpha value is -0.810. The van der Waals surface area contributed by atoms with E-state index in [9.17, 15) is 4.39 Å². The molecule has 0 bridgehead atoms. The molecule has 0 saturated heterocycles. The first-order valence-corrected chi connectivity index (χ1v) is 7.23. The monoisotopic (exact) mass is 377 g/mol. The summed E-state index contributed by atoms with van der Waals surface area (Å²) < 4.78 is 19.6. The zero-order valence-corrected chi connectivity index (χ0v) is 13.6. The molecule has 0 aliphatic rings. The van der Waals surface area contributed by atoms with Crippen molar-refractivity contribution in [1.82, 2.24) is 0 Å². The Bertz CT molecular complexity index is 631. The maximum Gasteiger partial charge on any atom is 0.138 e. The summed E-state index contributed by atoms with van der Waals surface area (Å²) in [6, 6.07) is 7.08. The number of halogens is 4. The lowest BCUT2D eigenvalue weighted by Gasteiger charge is -2.18. The Morgan fingerprint density at radius 2 is 1.95 bits per heavy atom. The average molecular weight is 379 g/mol. The molecule has 2 aromatic rings. The van der Waals surface area contributed by atoms with Crippen molar-refractivity contribution in [3.8, 4) is 5.75 Å². The van der Waals surface area contributed by atoms with Crippen molar-refractivity contribution in [2.75, 3.05) is 7.11 Å². The molecule has 106 valence electrons. The number of methoxy groups -OCH3 is 1. The SMILES string of the molecule is COc1cc(Cl)c(C(N)c2c(F)cccc2Br)cc1Cl. The molecule has 0 saturated carbocycles. The van der Waals surface area contributed by atoms with Crippen LogP contribution < -0.4 is 10.5 Å². The molecule has 1 atom stereocenters. The van der Waals surface area contributed by atoms with Gasteiger partial charge in [-0.25, -0.2) is 4.39 Å². The van der Waals surface area contributed by atoms with Crippen LogP contribution in [0.4, 0.5) is 4.39 Å². The van der Waals surface area contributed by atoms with Gasteiger partial charge in [-0.15, -0.1) is 0 Å². The smallest absolute Gasteiger partial charge is 0.138 e. The van der Waals surface area contributed by atoms with Crippen LogP contribution in [0, 0.1) is 5.82 Å². The normalized spacial score (nSPS) is 12.3. The summed E-state index contributed by atoms with van der Waals surface area (Å²) in [6.07, 6.45) is 0. The summed E-state index contributed by atoms with van der Waals surface area (Å²) in [6.45, 7) is 0. The van der Waals surface area contributed by atoms with Crippen molar-refractivity contribution < 1.29 is 9.13 Å². The van der Waals surface area contributed by atoms with Gasteiger partial charge in [-0.3, -0.25) is 0 Å². The summed E-state index contributed by atoms with van der Waals surface area (Å²) in [5.74, 6) is 0.0371. The molecule has 0 fully saturated rings. The highest BCUT2D eigenvalue weighted by Crippen LogP contribution is 2.37. The van der Waals surface area contributed by atoms with Crippen LogP contribution in [0.25, 0.3) is 0 Å². The van der Waals surface area contributed by atoms with Gasteiger partial charge in [-0.2, -0.15) is 0 Å². The molecule has 0 aliphatic carbocycles. The highest BCUT2D eigenvalue weighted by Gasteiger charge is 2.20. The fraction of sp³-hybridized carbons (Fsp3) is 0.143. The largest absolute Gasteiger partial charge is 0.495 e. The Balaban J connectivity index is 2.54. The van der Waals surface area contributed by atoms with Crippen molar-refractivity contribution in [2.24, 2.45) is 5.73 Å². The molecule has 0 radical (unpaired) electrons. The average Bonchev–Trinajstić information content (AvgIpc) is 2.40. The minimum atomic E-state index is -0.735. The maximum atomic E-state index is 14.0. The lowest BCUT2D eigenvalue weighted by molar-refractivity contribution is 0.415. The second-order valence-electron chi connectivity index (χ2n) is 4.12. The van der Waals surface area contributed by atoms with Crippen molar-refractivity contribution in [3.05, 3.63) is 61.8 Å². The second kappa shape index (κ2) is 6.31. The molecule has 2 aromatic carbocycles. The Kier molecular flexibility index (Phi) is 4.91. The number of benzene rings is 2. The van der Waals surface area contributed by atoms with Crippen LogP contribution in [0.3, 0.4) is 0 Å². The van der Waals surface area contributed by atoms with Crippen LogP contribution in [-0.2, 0) is 0 Å². The minimum Gasteiger partial charge on any atom is -0.495 e. The molecule has 1 unspecified atom stereocenters. The standard InChI is InChI=1S/C14H11BrCl2FNO/c1-20-12-6-9(16)7(5-10(12)17)14(19)13-8(15)3-2-4-11(13)18/h2-6,14H,19H2,1H3. The van der Waals surface area contributed by atoms with Crippen LogP contribution in [0.2, 0.25) is 10.0 Å².